The number of hydrogen-bond donors (Lipinski definition) is 2. The zero-order valence-electron chi connectivity index (χ0n) is 10.7. The second kappa shape index (κ2) is 5.87. The third-order valence-electron chi connectivity index (χ3n) is 3.35. The van der Waals surface area contributed by atoms with Crippen molar-refractivity contribution in [3.05, 3.63) is 29.8 Å². The number of nitrogens with zero attached hydrogens (tertiary/aromatic N) is 1. The van der Waals surface area contributed by atoms with E-state index in [1.807, 2.05) is 13.1 Å². The Kier molecular flexibility index (Phi) is 4.20. The Labute approximate surface area is 108 Å². The lowest BCUT2D eigenvalue weighted by Gasteiger charge is -2.27. The van der Waals surface area contributed by atoms with Crippen LogP contribution in [-0.4, -0.2) is 36.1 Å². The number of amides is 1. The van der Waals surface area contributed by atoms with Gasteiger partial charge in [0.05, 0.1) is 5.92 Å². The van der Waals surface area contributed by atoms with Crippen molar-refractivity contribution < 1.29 is 9.90 Å². The predicted molar refractivity (Wildman–Crippen MR) is 70.2 cm³/mol. The Morgan fingerprint density at radius 1 is 1.56 bits per heavy atom. The fourth-order valence-corrected chi connectivity index (χ4v) is 2.38. The van der Waals surface area contributed by atoms with Gasteiger partial charge in [-0.1, -0.05) is 12.1 Å². The van der Waals surface area contributed by atoms with Crippen molar-refractivity contribution in [3.63, 3.8) is 0 Å². The van der Waals surface area contributed by atoms with Gasteiger partial charge in [0.1, 0.15) is 5.75 Å². The molecule has 0 spiro atoms. The van der Waals surface area contributed by atoms with Crippen LogP contribution < -0.4 is 5.32 Å². The van der Waals surface area contributed by atoms with E-state index < -0.39 is 0 Å². The molecular formula is C14H20N2O2. The maximum atomic E-state index is 12.2. The summed E-state index contributed by atoms with van der Waals surface area (Å²) in [7, 11) is 1.82. The van der Waals surface area contributed by atoms with Gasteiger partial charge in [-0.25, -0.2) is 0 Å². The zero-order chi connectivity index (χ0) is 13.0. The van der Waals surface area contributed by atoms with E-state index in [1.54, 1.807) is 23.1 Å². The first kappa shape index (κ1) is 12.9. The van der Waals surface area contributed by atoms with Crippen molar-refractivity contribution in [3.8, 4) is 5.75 Å². The third-order valence-corrected chi connectivity index (χ3v) is 3.35. The summed E-state index contributed by atoms with van der Waals surface area (Å²) in [6.07, 6.45) is 2.03. The molecule has 1 aliphatic heterocycles. The molecule has 1 aromatic rings. The number of nitrogens with one attached hydrogen (secondary N) is 1. The largest absolute Gasteiger partial charge is 0.508 e. The summed E-state index contributed by atoms with van der Waals surface area (Å²) in [6, 6.07) is 7.05. The van der Waals surface area contributed by atoms with Crippen molar-refractivity contribution in [2.75, 3.05) is 20.1 Å². The average Bonchev–Trinajstić information content (AvgIpc) is 2.39. The number of hydrogen-bond acceptors (Lipinski definition) is 3. The van der Waals surface area contributed by atoms with Crippen molar-refractivity contribution >= 4 is 5.91 Å². The van der Waals surface area contributed by atoms with Gasteiger partial charge in [-0.15, -0.1) is 0 Å². The number of carbonyl (C=O) groups excluding carboxylic acids is 1. The van der Waals surface area contributed by atoms with E-state index in [0.717, 1.165) is 31.5 Å². The van der Waals surface area contributed by atoms with Gasteiger partial charge in [0.15, 0.2) is 0 Å². The summed E-state index contributed by atoms with van der Waals surface area (Å²) in [5.41, 5.74) is 0.953. The number of phenolic OH excluding ortho intramolecular Hbond substituents is 1. The molecule has 0 unspecified atom stereocenters. The molecule has 1 amide bonds. The molecule has 0 aromatic heterocycles. The molecule has 0 aliphatic carbocycles. The topological polar surface area (TPSA) is 52.6 Å². The van der Waals surface area contributed by atoms with Crippen molar-refractivity contribution in [2.45, 2.75) is 19.4 Å². The second-order valence-electron chi connectivity index (χ2n) is 4.91. The molecule has 1 atom stereocenters. The molecule has 98 valence electrons. The quantitative estimate of drug-likeness (QED) is 0.849. The van der Waals surface area contributed by atoms with Gasteiger partial charge in [0, 0.05) is 20.1 Å². The van der Waals surface area contributed by atoms with Crippen molar-refractivity contribution in [1.82, 2.24) is 10.2 Å². The Morgan fingerprint density at radius 2 is 2.39 bits per heavy atom. The van der Waals surface area contributed by atoms with Crippen molar-refractivity contribution in [1.29, 1.82) is 0 Å². The van der Waals surface area contributed by atoms with E-state index in [-0.39, 0.29) is 17.6 Å². The molecule has 2 N–H and O–H groups in total. The van der Waals surface area contributed by atoms with E-state index in [9.17, 15) is 9.90 Å². The minimum absolute atomic E-state index is 0.0982. The van der Waals surface area contributed by atoms with Crippen LogP contribution in [0.1, 0.15) is 18.4 Å². The Hall–Kier alpha value is -1.55. The fraction of sp³-hybridized carbons (Fsp3) is 0.500. The number of rotatable bonds is 3. The molecule has 0 saturated carbocycles. The van der Waals surface area contributed by atoms with E-state index >= 15 is 0 Å². The van der Waals surface area contributed by atoms with Crippen LogP contribution in [0.2, 0.25) is 0 Å². The summed E-state index contributed by atoms with van der Waals surface area (Å²) in [5, 5.41) is 12.7. The molecule has 0 bridgehead atoms. The summed E-state index contributed by atoms with van der Waals surface area (Å²) in [6.45, 7) is 2.34. The first-order chi connectivity index (χ1) is 8.66. The summed E-state index contributed by atoms with van der Waals surface area (Å²) in [5.74, 6) is 0.527. The Balaban J connectivity index is 1.94. The highest BCUT2D eigenvalue weighted by molar-refractivity contribution is 5.78. The Morgan fingerprint density at radius 3 is 3.06 bits per heavy atom. The molecule has 2 rings (SSSR count). The Bertz CT molecular complexity index is 414. The van der Waals surface area contributed by atoms with Gasteiger partial charge in [-0.2, -0.15) is 0 Å². The molecule has 4 heteroatoms. The van der Waals surface area contributed by atoms with E-state index in [2.05, 4.69) is 5.32 Å². The normalized spacial score (nSPS) is 19.5. The van der Waals surface area contributed by atoms with Crippen molar-refractivity contribution in [2.24, 2.45) is 5.92 Å². The SMILES string of the molecule is CN(Cc1cccc(O)c1)C(=O)[C@H]1CCCNC1. The predicted octanol–water partition coefficient (Wildman–Crippen LogP) is 1.35. The molecule has 4 nitrogen and oxygen atoms in total. The minimum Gasteiger partial charge on any atom is -0.508 e. The molecular weight excluding hydrogens is 228 g/mol. The van der Waals surface area contributed by atoms with E-state index in [1.165, 1.54) is 0 Å². The minimum atomic E-state index is 0.0982. The third kappa shape index (κ3) is 3.23. The van der Waals surface area contributed by atoms with Gasteiger partial charge in [0.25, 0.3) is 0 Å². The molecule has 1 aliphatic rings. The van der Waals surface area contributed by atoms with Crippen LogP contribution in [0, 0.1) is 5.92 Å². The van der Waals surface area contributed by atoms with Gasteiger partial charge >= 0.3 is 0 Å². The van der Waals surface area contributed by atoms with Crippen LogP contribution >= 0.6 is 0 Å². The molecule has 0 radical (unpaired) electrons. The monoisotopic (exact) mass is 248 g/mol. The number of piperidine rings is 1. The fourth-order valence-electron chi connectivity index (χ4n) is 2.38. The lowest BCUT2D eigenvalue weighted by molar-refractivity contribution is -0.135. The maximum absolute atomic E-state index is 12.2. The number of phenols is 1. The highest BCUT2D eigenvalue weighted by Crippen LogP contribution is 2.16. The van der Waals surface area contributed by atoms with Crippen LogP contribution in [0.25, 0.3) is 0 Å². The molecule has 1 aromatic carbocycles. The van der Waals surface area contributed by atoms with Gasteiger partial charge in [-0.3, -0.25) is 4.79 Å². The first-order valence-electron chi connectivity index (χ1n) is 6.40. The van der Waals surface area contributed by atoms with E-state index in [4.69, 9.17) is 0 Å². The van der Waals surface area contributed by atoms with E-state index in [0.29, 0.717) is 6.54 Å². The lowest BCUT2D eigenvalue weighted by atomic mass is 9.98. The average molecular weight is 248 g/mol. The lowest BCUT2D eigenvalue weighted by Crippen LogP contribution is -2.41. The second-order valence-corrected chi connectivity index (χ2v) is 4.91. The number of carbonyl (C=O) groups is 1. The summed E-state index contributed by atoms with van der Waals surface area (Å²) in [4.78, 5) is 14.0. The highest BCUT2D eigenvalue weighted by atomic mass is 16.3. The number of aromatic hydroxyl groups is 1. The number of benzene rings is 1. The van der Waals surface area contributed by atoms with Crippen LogP contribution in [0.3, 0.4) is 0 Å². The van der Waals surface area contributed by atoms with Crippen LogP contribution in [-0.2, 0) is 11.3 Å². The standard InChI is InChI=1S/C14H20N2O2/c1-16(10-11-4-2-6-13(17)8-11)14(18)12-5-3-7-15-9-12/h2,4,6,8,12,15,17H,3,5,7,9-10H2,1H3/t12-/m0/s1. The summed E-state index contributed by atoms with van der Waals surface area (Å²) < 4.78 is 0. The molecule has 1 saturated heterocycles. The first-order valence-corrected chi connectivity index (χ1v) is 6.40. The zero-order valence-corrected chi connectivity index (χ0v) is 10.7. The summed E-state index contributed by atoms with van der Waals surface area (Å²) >= 11 is 0. The maximum Gasteiger partial charge on any atom is 0.227 e. The molecule has 1 heterocycles. The highest BCUT2D eigenvalue weighted by Gasteiger charge is 2.23. The molecule has 18 heavy (non-hydrogen) atoms. The van der Waals surface area contributed by atoms with Crippen LogP contribution in [0.15, 0.2) is 24.3 Å². The molecule has 1 fully saturated rings. The van der Waals surface area contributed by atoms with Gasteiger partial charge < -0.3 is 15.3 Å². The van der Waals surface area contributed by atoms with Gasteiger partial charge in [-0.05, 0) is 37.1 Å². The van der Waals surface area contributed by atoms with Crippen LogP contribution in [0.4, 0.5) is 0 Å². The van der Waals surface area contributed by atoms with Crippen LogP contribution in [0.5, 0.6) is 5.75 Å². The van der Waals surface area contributed by atoms with Gasteiger partial charge in [0.2, 0.25) is 5.91 Å². The smallest absolute Gasteiger partial charge is 0.227 e.